The Bertz CT molecular complexity index is 746. The minimum Gasteiger partial charge on any atom is -0.373 e. The highest BCUT2D eigenvalue weighted by atomic mass is 16.5. The van der Waals surface area contributed by atoms with Crippen LogP contribution in [-0.4, -0.2) is 65.0 Å². The van der Waals surface area contributed by atoms with E-state index in [1.165, 1.54) is 19.4 Å². The zero-order valence-corrected chi connectivity index (χ0v) is 16.5. The van der Waals surface area contributed by atoms with Crippen molar-refractivity contribution in [3.8, 4) is 11.5 Å². The maximum atomic E-state index is 5.85. The van der Waals surface area contributed by atoms with Gasteiger partial charge in [-0.3, -0.25) is 4.90 Å². The van der Waals surface area contributed by atoms with E-state index in [-0.39, 0.29) is 0 Å². The number of nitrogens with zero attached hydrogens (tertiary/aromatic N) is 5. The van der Waals surface area contributed by atoms with Crippen molar-refractivity contribution in [1.29, 1.82) is 0 Å². The van der Waals surface area contributed by atoms with E-state index in [1.54, 1.807) is 0 Å². The number of piperidine rings is 1. The van der Waals surface area contributed by atoms with E-state index in [9.17, 15) is 0 Å². The van der Waals surface area contributed by atoms with E-state index in [0.717, 1.165) is 43.5 Å². The third-order valence-corrected chi connectivity index (χ3v) is 5.47. The summed E-state index contributed by atoms with van der Waals surface area (Å²) >= 11 is 0. The van der Waals surface area contributed by atoms with Crippen molar-refractivity contribution in [3.63, 3.8) is 0 Å². The molecule has 2 aliphatic rings. The molecule has 0 bridgehead atoms. The van der Waals surface area contributed by atoms with Gasteiger partial charge in [-0.15, -0.1) is 0 Å². The first kappa shape index (κ1) is 18.4. The molecule has 0 aromatic carbocycles. The number of ether oxygens (including phenoxy) is 1. The first-order valence-corrected chi connectivity index (χ1v) is 9.96. The number of anilines is 1. The molecule has 0 aliphatic carbocycles. The second kappa shape index (κ2) is 7.94. The predicted octanol–water partition coefficient (Wildman–Crippen LogP) is 2.77. The van der Waals surface area contributed by atoms with Crippen molar-refractivity contribution in [2.45, 2.75) is 45.8 Å². The van der Waals surface area contributed by atoms with Crippen LogP contribution in [0.2, 0.25) is 0 Å². The second-order valence-electron chi connectivity index (χ2n) is 7.96. The number of pyridine rings is 1. The molecule has 2 aromatic heterocycles. The lowest BCUT2D eigenvalue weighted by molar-refractivity contribution is -0.0720. The van der Waals surface area contributed by atoms with E-state index in [4.69, 9.17) is 9.26 Å². The van der Waals surface area contributed by atoms with Crippen LogP contribution in [0, 0.1) is 12.8 Å². The molecule has 7 nitrogen and oxygen atoms in total. The Balaban J connectivity index is 1.34. The summed E-state index contributed by atoms with van der Waals surface area (Å²) in [5.74, 6) is 2.95. The monoisotopic (exact) mass is 371 g/mol. The fraction of sp³-hybridized carbons (Fsp3) is 0.650. The zero-order chi connectivity index (χ0) is 18.8. The van der Waals surface area contributed by atoms with Crippen molar-refractivity contribution in [2.24, 2.45) is 5.92 Å². The number of rotatable bonds is 4. The number of morpholine rings is 1. The van der Waals surface area contributed by atoms with Crippen molar-refractivity contribution in [2.75, 3.05) is 37.6 Å². The van der Waals surface area contributed by atoms with E-state index in [2.05, 4.69) is 44.8 Å². The highest BCUT2D eigenvalue weighted by Gasteiger charge is 2.27. The Hall–Kier alpha value is -1.99. The lowest BCUT2D eigenvalue weighted by Gasteiger charge is -2.39. The molecule has 2 aliphatic heterocycles. The van der Waals surface area contributed by atoms with Crippen LogP contribution in [0.4, 0.5) is 5.82 Å². The highest BCUT2D eigenvalue weighted by molar-refractivity contribution is 5.58. The third kappa shape index (κ3) is 4.47. The molecule has 4 rings (SSSR count). The molecule has 27 heavy (non-hydrogen) atoms. The summed E-state index contributed by atoms with van der Waals surface area (Å²) < 4.78 is 11.1. The van der Waals surface area contributed by atoms with E-state index >= 15 is 0 Å². The van der Waals surface area contributed by atoms with Crippen LogP contribution >= 0.6 is 0 Å². The minimum absolute atomic E-state index is 0.342. The number of aromatic nitrogens is 3. The van der Waals surface area contributed by atoms with Crippen molar-refractivity contribution in [1.82, 2.24) is 20.0 Å². The molecule has 2 fully saturated rings. The summed E-state index contributed by atoms with van der Waals surface area (Å²) in [5.41, 5.74) is 0.930. The average Bonchev–Trinajstić information content (AvgIpc) is 3.08. The van der Waals surface area contributed by atoms with E-state index in [1.807, 2.05) is 19.2 Å². The fourth-order valence-electron chi connectivity index (χ4n) is 4.28. The molecule has 7 heteroatoms. The maximum Gasteiger partial charge on any atom is 0.258 e. The molecule has 4 heterocycles. The largest absolute Gasteiger partial charge is 0.373 e. The Labute approximate surface area is 160 Å². The van der Waals surface area contributed by atoms with Crippen LogP contribution in [0.15, 0.2) is 22.9 Å². The lowest BCUT2D eigenvalue weighted by atomic mass is 9.95. The zero-order valence-electron chi connectivity index (χ0n) is 16.5. The summed E-state index contributed by atoms with van der Waals surface area (Å²) in [6.45, 7) is 11.6. The minimum atomic E-state index is 0.342. The van der Waals surface area contributed by atoms with E-state index in [0.29, 0.717) is 23.9 Å². The molecular weight excluding hydrogens is 342 g/mol. The molecule has 2 unspecified atom stereocenters. The van der Waals surface area contributed by atoms with Crippen molar-refractivity contribution < 1.29 is 9.26 Å². The van der Waals surface area contributed by atoms with Gasteiger partial charge in [0, 0.05) is 44.5 Å². The molecule has 2 aromatic rings. The Morgan fingerprint density at radius 3 is 2.56 bits per heavy atom. The van der Waals surface area contributed by atoms with Crippen LogP contribution in [0.25, 0.3) is 11.5 Å². The van der Waals surface area contributed by atoms with Gasteiger partial charge < -0.3 is 14.2 Å². The molecule has 146 valence electrons. The van der Waals surface area contributed by atoms with Crippen LogP contribution < -0.4 is 4.90 Å². The molecule has 0 spiro atoms. The van der Waals surface area contributed by atoms with Crippen LogP contribution in [0.3, 0.4) is 0 Å². The number of hydrogen-bond acceptors (Lipinski definition) is 7. The Morgan fingerprint density at radius 1 is 1.15 bits per heavy atom. The van der Waals surface area contributed by atoms with Gasteiger partial charge in [0.05, 0.1) is 12.2 Å². The van der Waals surface area contributed by atoms with Crippen molar-refractivity contribution >= 4 is 5.82 Å². The lowest BCUT2D eigenvalue weighted by Crippen LogP contribution is -2.48. The average molecular weight is 371 g/mol. The first-order chi connectivity index (χ1) is 13.1. The van der Waals surface area contributed by atoms with Gasteiger partial charge in [-0.05, 0) is 51.7 Å². The molecular formula is C20H29N5O2. The first-order valence-electron chi connectivity index (χ1n) is 9.96. The molecule has 0 radical (unpaired) electrons. The van der Waals surface area contributed by atoms with Gasteiger partial charge in [-0.2, -0.15) is 4.98 Å². The Kier molecular flexibility index (Phi) is 5.41. The topological polar surface area (TPSA) is 67.5 Å². The maximum absolute atomic E-state index is 5.85. The Morgan fingerprint density at radius 2 is 1.89 bits per heavy atom. The molecule has 0 saturated carbocycles. The van der Waals surface area contributed by atoms with Gasteiger partial charge in [0.2, 0.25) is 0 Å². The SMILES string of the molecule is Cc1noc(-c2ccnc(N3CCC(CN4CC(C)OC(C)C4)CC3)c2)n1. The van der Waals surface area contributed by atoms with Gasteiger partial charge in [0.25, 0.3) is 5.89 Å². The van der Waals surface area contributed by atoms with Crippen molar-refractivity contribution in [3.05, 3.63) is 24.2 Å². The number of hydrogen-bond donors (Lipinski definition) is 0. The predicted molar refractivity (Wildman–Crippen MR) is 104 cm³/mol. The highest BCUT2D eigenvalue weighted by Crippen LogP contribution is 2.26. The molecule has 0 N–H and O–H groups in total. The number of aryl methyl sites for hydroxylation is 1. The summed E-state index contributed by atoms with van der Waals surface area (Å²) in [7, 11) is 0. The summed E-state index contributed by atoms with van der Waals surface area (Å²) in [6.07, 6.45) is 4.91. The van der Waals surface area contributed by atoms with Gasteiger partial charge in [-0.25, -0.2) is 4.98 Å². The quantitative estimate of drug-likeness (QED) is 0.818. The van der Waals surface area contributed by atoms with Gasteiger partial charge in [-0.1, -0.05) is 5.16 Å². The smallest absolute Gasteiger partial charge is 0.258 e. The van der Waals surface area contributed by atoms with Crippen LogP contribution in [-0.2, 0) is 4.74 Å². The standard InChI is InChI=1S/C20H29N5O2/c1-14-11-24(12-15(2)26-14)13-17-5-8-25(9-6-17)19-10-18(4-7-21-19)20-22-16(3)23-27-20/h4,7,10,14-15,17H,5-6,8-9,11-13H2,1-3H3. The molecule has 2 atom stereocenters. The van der Waals surface area contributed by atoms with E-state index < -0.39 is 0 Å². The molecule has 2 saturated heterocycles. The molecule has 0 amide bonds. The van der Waals surface area contributed by atoms with Crippen LogP contribution in [0.5, 0.6) is 0 Å². The van der Waals surface area contributed by atoms with Crippen LogP contribution in [0.1, 0.15) is 32.5 Å². The summed E-state index contributed by atoms with van der Waals surface area (Å²) in [6, 6.07) is 3.97. The summed E-state index contributed by atoms with van der Waals surface area (Å²) in [4.78, 5) is 13.8. The normalized spacial score (nSPS) is 25.1. The van der Waals surface area contributed by atoms with Gasteiger partial charge >= 0.3 is 0 Å². The summed E-state index contributed by atoms with van der Waals surface area (Å²) in [5, 5.41) is 3.88. The fourth-order valence-corrected chi connectivity index (χ4v) is 4.28. The van der Waals surface area contributed by atoms with Gasteiger partial charge in [0.15, 0.2) is 5.82 Å². The second-order valence-corrected chi connectivity index (χ2v) is 7.96. The third-order valence-electron chi connectivity index (χ3n) is 5.47. The van der Waals surface area contributed by atoms with Gasteiger partial charge in [0.1, 0.15) is 5.82 Å².